The number of aliphatic hydroxyl groups is 1. The van der Waals surface area contributed by atoms with E-state index in [1.807, 2.05) is 31.2 Å². The summed E-state index contributed by atoms with van der Waals surface area (Å²) in [6, 6.07) is 12.2. The number of amides is 1. The first-order valence-electron chi connectivity index (χ1n) is 11.8. The van der Waals surface area contributed by atoms with Crippen molar-refractivity contribution < 1.29 is 24.2 Å². The smallest absolute Gasteiger partial charge is 0.294 e. The number of benzene rings is 2. The average molecular weight is 505 g/mol. The number of aromatic nitrogens is 1. The minimum absolute atomic E-state index is 0.0464. The standard InChI is InChI=1S/C28H28N2O5S/c1-15-26(36-16(2)29-15)24(31)22-23(17-6-8-18(9-7-17)28(3,4)5)30(27(33)25(22)32)19-10-11-20-21(14-19)35-13-12-34-20/h6-11,14,23,32H,12-13H2,1-5H3. The van der Waals surface area contributed by atoms with Crippen LogP contribution in [0, 0.1) is 13.8 Å². The number of thiazole rings is 1. The fourth-order valence-electron chi connectivity index (χ4n) is 4.63. The van der Waals surface area contributed by atoms with E-state index in [4.69, 9.17) is 9.47 Å². The minimum atomic E-state index is -0.816. The molecule has 3 aromatic rings. The first-order valence-corrected chi connectivity index (χ1v) is 12.6. The molecule has 186 valence electrons. The molecule has 8 heteroatoms. The van der Waals surface area contributed by atoms with Crippen molar-refractivity contribution in [2.24, 2.45) is 0 Å². The number of fused-ring (bicyclic) bond motifs is 1. The van der Waals surface area contributed by atoms with Crippen LogP contribution in [0.15, 0.2) is 53.8 Å². The van der Waals surface area contributed by atoms with Gasteiger partial charge in [-0.25, -0.2) is 4.98 Å². The van der Waals surface area contributed by atoms with E-state index in [1.165, 1.54) is 16.2 Å². The Hall–Kier alpha value is -3.65. The third kappa shape index (κ3) is 4.05. The summed E-state index contributed by atoms with van der Waals surface area (Å²) >= 11 is 1.26. The zero-order valence-electron chi connectivity index (χ0n) is 20.9. The maximum Gasteiger partial charge on any atom is 0.294 e. The number of hydrogen-bond donors (Lipinski definition) is 1. The molecule has 7 nitrogen and oxygen atoms in total. The Bertz CT molecular complexity index is 1400. The monoisotopic (exact) mass is 504 g/mol. The summed E-state index contributed by atoms with van der Waals surface area (Å²) in [6.07, 6.45) is 0. The maximum absolute atomic E-state index is 13.8. The number of carbonyl (C=O) groups is 2. The molecule has 2 aliphatic rings. The van der Waals surface area contributed by atoms with Crippen molar-refractivity contribution in [1.29, 1.82) is 0 Å². The van der Waals surface area contributed by atoms with E-state index in [1.54, 1.807) is 25.1 Å². The lowest BCUT2D eigenvalue weighted by molar-refractivity contribution is -0.117. The van der Waals surface area contributed by atoms with Crippen molar-refractivity contribution in [1.82, 2.24) is 4.98 Å². The van der Waals surface area contributed by atoms with Crippen LogP contribution in [0.3, 0.4) is 0 Å². The molecule has 1 atom stereocenters. The average Bonchev–Trinajstić information content (AvgIpc) is 3.32. The Balaban J connectivity index is 1.65. The summed E-state index contributed by atoms with van der Waals surface area (Å²) in [4.78, 5) is 33.5. The lowest BCUT2D eigenvalue weighted by Gasteiger charge is -2.29. The summed E-state index contributed by atoms with van der Waals surface area (Å²) in [6.45, 7) is 10.8. The molecule has 0 fully saturated rings. The molecule has 5 rings (SSSR count). The fraction of sp³-hybridized carbons (Fsp3) is 0.321. The molecular weight excluding hydrogens is 476 g/mol. The predicted molar refractivity (Wildman–Crippen MR) is 138 cm³/mol. The topological polar surface area (TPSA) is 89.0 Å². The lowest BCUT2D eigenvalue weighted by Crippen LogP contribution is -2.31. The summed E-state index contributed by atoms with van der Waals surface area (Å²) in [5.74, 6) is -0.480. The quantitative estimate of drug-likeness (QED) is 0.465. The molecule has 1 unspecified atom stereocenters. The van der Waals surface area contributed by atoms with Crippen LogP contribution in [0.4, 0.5) is 5.69 Å². The molecule has 36 heavy (non-hydrogen) atoms. The number of rotatable bonds is 4. The highest BCUT2D eigenvalue weighted by atomic mass is 32.1. The predicted octanol–water partition coefficient (Wildman–Crippen LogP) is 5.61. The Morgan fingerprint density at radius 3 is 2.33 bits per heavy atom. The Labute approximate surface area is 214 Å². The van der Waals surface area contributed by atoms with E-state index in [0.717, 1.165) is 16.1 Å². The van der Waals surface area contributed by atoms with E-state index in [9.17, 15) is 14.7 Å². The van der Waals surface area contributed by atoms with E-state index in [2.05, 4.69) is 25.8 Å². The normalized spacial score (nSPS) is 17.6. The van der Waals surface area contributed by atoms with Gasteiger partial charge in [-0.05, 0) is 42.5 Å². The Morgan fingerprint density at radius 1 is 1.06 bits per heavy atom. The zero-order valence-corrected chi connectivity index (χ0v) is 21.7. The number of ether oxygens (including phenoxy) is 2. The molecule has 0 saturated heterocycles. The van der Waals surface area contributed by atoms with Crippen LogP contribution in [0.2, 0.25) is 0 Å². The van der Waals surface area contributed by atoms with Crippen LogP contribution in [0.1, 0.15) is 58.3 Å². The SMILES string of the molecule is Cc1nc(C)c(C(=O)C2=C(O)C(=O)N(c3ccc4c(c3)OCCO4)C2c2ccc(C(C)(C)C)cc2)s1. The summed E-state index contributed by atoms with van der Waals surface area (Å²) in [5, 5.41) is 11.8. The second-order valence-electron chi connectivity index (χ2n) is 10.0. The van der Waals surface area contributed by atoms with Gasteiger partial charge in [0.1, 0.15) is 13.2 Å². The highest BCUT2D eigenvalue weighted by molar-refractivity contribution is 7.14. The molecule has 2 aromatic carbocycles. The second-order valence-corrected chi connectivity index (χ2v) is 11.2. The third-order valence-corrected chi connectivity index (χ3v) is 7.53. The molecule has 2 aliphatic heterocycles. The van der Waals surface area contributed by atoms with E-state index < -0.39 is 23.5 Å². The number of aryl methyl sites for hydroxylation is 2. The minimum Gasteiger partial charge on any atom is -0.503 e. The number of hydrogen-bond acceptors (Lipinski definition) is 7. The molecule has 0 aliphatic carbocycles. The van der Waals surface area contributed by atoms with Gasteiger partial charge in [0.25, 0.3) is 5.91 Å². The third-order valence-electron chi connectivity index (χ3n) is 6.46. The highest BCUT2D eigenvalue weighted by Crippen LogP contribution is 2.45. The van der Waals surface area contributed by atoms with Crippen molar-refractivity contribution in [3.05, 3.63) is 80.5 Å². The largest absolute Gasteiger partial charge is 0.503 e. The number of carbonyl (C=O) groups excluding carboxylic acids is 2. The van der Waals surface area contributed by atoms with E-state index >= 15 is 0 Å². The second kappa shape index (κ2) is 8.78. The zero-order chi connectivity index (χ0) is 25.8. The molecule has 3 heterocycles. The number of anilines is 1. The van der Waals surface area contributed by atoms with Crippen molar-refractivity contribution >= 4 is 28.7 Å². The van der Waals surface area contributed by atoms with Crippen LogP contribution >= 0.6 is 11.3 Å². The fourth-order valence-corrected chi connectivity index (χ4v) is 5.50. The van der Waals surface area contributed by atoms with Gasteiger partial charge in [-0.1, -0.05) is 45.0 Å². The van der Waals surface area contributed by atoms with E-state index in [0.29, 0.717) is 41.0 Å². The molecule has 0 radical (unpaired) electrons. The van der Waals surface area contributed by atoms with Crippen LogP contribution in [-0.4, -0.2) is 35.0 Å². The number of ketones is 1. The van der Waals surface area contributed by atoms with E-state index in [-0.39, 0.29) is 11.0 Å². The van der Waals surface area contributed by atoms with Crippen molar-refractivity contribution in [2.75, 3.05) is 18.1 Å². The van der Waals surface area contributed by atoms with Gasteiger partial charge in [-0.15, -0.1) is 11.3 Å². The van der Waals surface area contributed by atoms with Crippen LogP contribution in [-0.2, 0) is 10.2 Å². The molecule has 1 amide bonds. The van der Waals surface area contributed by atoms with Gasteiger partial charge in [0.05, 0.1) is 27.2 Å². The van der Waals surface area contributed by atoms with Gasteiger partial charge >= 0.3 is 0 Å². The van der Waals surface area contributed by atoms with Gasteiger partial charge < -0.3 is 14.6 Å². The van der Waals surface area contributed by atoms with Gasteiger partial charge in [-0.3, -0.25) is 14.5 Å². The Kier molecular flexibility index (Phi) is 5.87. The first-order chi connectivity index (χ1) is 17.1. The van der Waals surface area contributed by atoms with Gasteiger partial charge in [0, 0.05) is 11.8 Å². The summed E-state index contributed by atoms with van der Waals surface area (Å²) in [5.41, 5.74) is 2.91. The lowest BCUT2D eigenvalue weighted by atomic mass is 9.85. The molecule has 0 spiro atoms. The van der Waals surface area contributed by atoms with Crippen LogP contribution in [0.25, 0.3) is 0 Å². The van der Waals surface area contributed by atoms with Crippen LogP contribution < -0.4 is 14.4 Å². The molecule has 0 saturated carbocycles. The van der Waals surface area contributed by atoms with Crippen molar-refractivity contribution in [2.45, 2.75) is 46.1 Å². The molecular formula is C28H28N2O5S. The van der Waals surface area contributed by atoms with Crippen LogP contribution in [0.5, 0.6) is 11.5 Å². The molecule has 0 bridgehead atoms. The maximum atomic E-state index is 13.8. The number of nitrogens with zero attached hydrogens (tertiary/aromatic N) is 2. The summed E-state index contributed by atoms with van der Waals surface area (Å²) < 4.78 is 11.4. The van der Waals surface area contributed by atoms with Gasteiger partial charge in [-0.2, -0.15) is 0 Å². The number of Topliss-reactive ketones (excluding diaryl/α,β-unsaturated/α-hetero) is 1. The van der Waals surface area contributed by atoms with Crippen molar-refractivity contribution in [3.8, 4) is 11.5 Å². The number of aliphatic hydroxyl groups excluding tert-OH is 1. The first kappa shape index (κ1) is 24.1. The van der Waals surface area contributed by atoms with Gasteiger partial charge in [0.15, 0.2) is 17.3 Å². The molecule has 1 N–H and O–H groups in total. The van der Waals surface area contributed by atoms with Gasteiger partial charge in [0.2, 0.25) is 5.78 Å². The highest BCUT2D eigenvalue weighted by Gasteiger charge is 2.45. The van der Waals surface area contributed by atoms with Crippen molar-refractivity contribution in [3.63, 3.8) is 0 Å². The summed E-state index contributed by atoms with van der Waals surface area (Å²) in [7, 11) is 0. The molecule has 1 aromatic heterocycles. The Morgan fingerprint density at radius 2 is 1.72 bits per heavy atom.